The first kappa shape index (κ1) is 12.4. The van der Waals surface area contributed by atoms with Crippen molar-refractivity contribution in [2.24, 2.45) is 12.8 Å². The second-order valence-corrected chi connectivity index (χ2v) is 4.05. The normalized spacial score (nSPS) is 12.2. The molecule has 0 saturated heterocycles. The standard InChI is InChI=1S/C13H17N3O2/c1-16-7-11(15-8-16)13(14)10-6-9(17-2)4-5-12(10)18-3/h4-8,13H,14H2,1-3H3. The van der Waals surface area contributed by atoms with Crippen LogP contribution in [-0.2, 0) is 7.05 Å². The number of aromatic nitrogens is 2. The van der Waals surface area contributed by atoms with E-state index in [0.29, 0.717) is 0 Å². The lowest BCUT2D eigenvalue weighted by Gasteiger charge is -2.15. The van der Waals surface area contributed by atoms with Gasteiger partial charge in [-0.05, 0) is 18.2 Å². The Bertz CT molecular complexity index is 537. The van der Waals surface area contributed by atoms with E-state index in [4.69, 9.17) is 15.2 Å². The van der Waals surface area contributed by atoms with Crippen molar-refractivity contribution in [1.29, 1.82) is 0 Å². The number of methoxy groups -OCH3 is 2. The molecule has 5 nitrogen and oxygen atoms in total. The Morgan fingerprint density at radius 3 is 2.61 bits per heavy atom. The molecule has 0 radical (unpaired) electrons. The summed E-state index contributed by atoms with van der Waals surface area (Å²) in [6, 6.07) is 5.22. The van der Waals surface area contributed by atoms with Crippen LogP contribution in [-0.4, -0.2) is 23.8 Å². The van der Waals surface area contributed by atoms with E-state index >= 15 is 0 Å². The quantitative estimate of drug-likeness (QED) is 0.889. The highest BCUT2D eigenvalue weighted by atomic mass is 16.5. The molecule has 0 aliphatic heterocycles. The second-order valence-electron chi connectivity index (χ2n) is 4.05. The van der Waals surface area contributed by atoms with Gasteiger partial charge in [-0.1, -0.05) is 0 Å². The van der Waals surface area contributed by atoms with Crippen molar-refractivity contribution in [2.75, 3.05) is 14.2 Å². The first-order chi connectivity index (χ1) is 8.65. The first-order valence-corrected chi connectivity index (χ1v) is 5.61. The van der Waals surface area contributed by atoms with E-state index in [0.717, 1.165) is 22.8 Å². The van der Waals surface area contributed by atoms with Crippen molar-refractivity contribution < 1.29 is 9.47 Å². The maximum absolute atomic E-state index is 6.22. The van der Waals surface area contributed by atoms with Gasteiger partial charge >= 0.3 is 0 Å². The molecule has 1 aromatic carbocycles. The SMILES string of the molecule is COc1ccc(OC)c(C(N)c2cn(C)cn2)c1. The Balaban J connectivity index is 2.41. The Hall–Kier alpha value is -2.01. The summed E-state index contributed by atoms with van der Waals surface area (Å²) in [5.41, 5.74) is 7.87. The minimum Gasteiger partial charge on any atom is -0.497 e. The molecule has 1 aromatic heterocycles. The topological polar surface area (TPSA) is 62.3 Å². The fourth-order valence-electron chi connectivity index (χ4n) is 1.84. The van der Waals surface area contributed by atoms with E-state index in [1.807, 2.05) is 36.0 Å². The van der Waals surface area contributed by atoms with Gasteiger partial charge in [0.2, 0.25) is 0 Å². The van der Waals surface area contributed by atoms with Gasteiger partial charge in [0.05, 0.1) is 32.3 Å². The third kappa shape index (κ3) is 2.31. The van der Waals surface area contributed by atoms with E-state index < -0.39 is 0 Å². The van der Waals surface area contributed by atoms with E-state index in [9.17, 15) is 0 Å². The van der Waals surface area contributed by atoms with Gasteiger partial charge in [-0.2, -0.15) is 0 Å². The van der Waals surface area contributed by atoms with Gasteiger partial charge in [-0.3, -0.25) is 0 Å². The zero-order valence-electron chi connectivity index (χ0n) is 10.8. The second kappa shape index (κ2) is 5.10. The van der Waals surface area contributed by atoms with Gasteiger partial charge in [-0.25, -0.2) is 4.98 Å². The number of hydrogen-bond donors (Lipinski definition) is 1. The van der Waals surface area contributed by atoms with E-state index in [1.54, 1.807) is 20.5 Å². The number of nitrogens with two attached hydrogens (primary N) is 1. The molecule has 0 bridgehead atoms. The molecule has 0 fully saturated rings. The third-order valence-electron chi connectivity index (χ3n) is 2.82. The highest BCUT2D eigenvalue weighted by Crippen LogP contribution is 2.30. The van der Waals surface area contributed by atoms with Gasteiger partial charge in [-0.15, -0.1) is 0 Å². The average molecular weight is 247 g/mol. The van der Waals surface area contributed by atoms with Crippen LogP contribution in [0.25, 0.3) is 0 Å². The van der Waals surface area contributed by atoms with Crippen LogP contribution in [0.15, 0.2) is 30.7 Å². The minimum absolute atomic E-state index is 0.337. The fourth-order valence-corrected chi connectivity index (χ4v) is 1.84. The molecule has 0 spiro atoms. The Morgan fingerprint density at radius 1 is 1.28 bits per heavy atom. The maximum Gasteiger partial charge on any atom is 0.124 e. The molecule has 0 aliphatic carbocycles. The molecule has 18 heavy (non-hydrogen) atoms. The monoisotopic (exact) mass is 247 g/mol. The Morgan fingerprint density at radius 2 is 2.06 bits per heavy atom. The lowest BCUT2D eigenvalue weighted by Crippen LogP contribution is -2.13. The smallest absolute Gasteiger partial charge is 0.124 e. The summed E-state index contributed by atoms with van der Waals surface area (Å²) < 4.78 is 12.4. The van der Waals surface area contributed by atoms with Crippen LogP contribution in [0.1, 0.15) is 17.3 Å². The van der Waals surface area contributed by atoms with E-state index in [2.05, 4.69) is 4.98 Å². The van der Waals surface area contributed by atoms with Gasteiger partial charge in [0, 0.05) is 18.8 Å². The van der Waals surface area contributed by atoms with Gasteiger partial charge in [0.25, 0.3) is 0 Å². The Kier molecular flexibility index (Phi) is 3.53. The highest BCUT2D eigenvalue weighted by molar-refractivity contribution is 5.44. The number of hydrogen-bond acceptors (Lipinski definition) is 4. The summed E-state index contributed by atoms with van der Waals surface area (Å²) >= 11 is 0. The van der Waals surface area contributed by atoms with Crippen LogP contribution < -0.4 is 15.2 Å². The highest BCUT2D eigenvalue weighted by Gasteiger charge is 2.17. The van der Waals surface area contributed by atoms with Crippen molar-refractivity contribution in [2.45, 2.75) is 6.04 Å². The largest absolute Gasteiger partial charge is 0.497 e. The van der Waals surface area contributed by atoms with Crippen LogP contribution in [0.2, 0.25) is 0 Å². The third-order valence-corrected chi connectivity index (χ3v) is 2.82. The molecule has 5 heteroatoms. The fraction of sp³-hybridized carbons (Fsp3) is 0.308. The lowest BCUT2D eigenvalue weighted by molar-refractivity contribution is 0.397. The number of ether oxygens (including phenoxy) is 2. The number of rotatable bonds is 4. The zero-order valence-corrected chi connectivity index (χ0v) is 10.8. The summed E-state index contributed by atoms with van der Waals surface area (Å²) in [5.74, 6) is 1.48. The summed E-state index contributed by atoms with van der Waals surface area (Å²) in [5, 5.41) is 0. The number of nitrogens with zero attached hydrogens (tertiary/aromatic N) is 2. The predicted octanol–water partition coefficient (Wildman–Crippen LogP) is 1.49. The molecule has 2 rings (SSSR count). The molecule has 0 amide bonds. The minimum atomic E-state index is -0.337. The molecule has 2 N–H and O–H groups in total. The van der Waals surface area contributed by atoms with Crippen LogP contribution in [0.5, 0.6) is 11.5 Å². The summed E-state index contributed by atoms with van der Waals surface area (Å²) in [6.07, 6.45) is 3.62. The summed E-state index contributed by atoms with van der Waals surface area (Å²) in [7, 11) is 5.15. The molecule has 2 aromatic rings. The molecule has 0 aliphatic rings. The van der Waals surface area contributed by atoms with Gasteiger partial charge < -0.3 is 19.8 Å². The molecular weight excluding hydrogens is 230 g/mol. The predicted molar refractivity (Wildman–Crippen MR) is 68.8 cm³/mol. The van der Waals surface area contributed by atoms with Gasteiger partial charge in [0.1, 0.15) is 11.5 Å². The van der Waals surface area contributed by atoms with Crippen molar-refractivity contribution >= 4 is 0 Å². The molecule has 0 saturated carbocycles. The molecule has 1 heterocycles. The molecule has 96 valence electrons. The van der Waals surface area contributed by atoms with Crippen molar-refractivity contribution in [3.8, 4) is 11.5 Å². The lowest BCUT2D eigenvalue weighted by atomic mass is 10.0. The van der Waals surface area contributed by atoms with Crippen molar-refractivity contribution in [1.82, 2.24) is 9.55 Å². The van der Waals surface area contributed by atoms with E-state index in [1.165, 1.54) is 0 Å². The summed E-state index contributed by atoms with van der Waals surface area (Å²) in [6.45, 7) is 0. The van der Waals surface area contributed by atoms with Crippen molar-refractivity contribution in [3.63, 3.8) is 0 Å². The Labute approximate surface area is 106 Å². The molecule has 1 atom stereocenters. The maximum atomic E-state index is 6.22. The molecule has 1 unspecified atom stereocenters. The van der Waals surface area contributed by atoms with Crippen LogP contribution in [0.4, 0.5) is 0 Å². The number of benzene rings is 1. The van der Waals surface area contributed by atoms with Crippen LogP contribution in [0.3, 0.4) is 0 Å². The first-order valence-electron chi connectivity index (χ1n) is 5.61. The van der Waals surface area contributed by atoms with Crippen LogP contribution in [0, 0.1) is 0 Å². The molecular formula is C13H17N3O2. The number of imidazole rings is 1. The van der Waals surface area contributed by atoms with Gasteiger partial charge in [0.15, 0.2) is 0 Å². The number of aryl methyl sites for hydroxylation is 1. The zero-order chi connectivity index (χ0) is 13.1. The summed E-state index contributed by atoms with van der Waals surface area (Å²) in [4.78, 5) is 4.26. The van der Waals surface area contributed by atoms with Crippen LogP contribution >= 0.6 is 0 Å². The van der Waals surface area contributed by atoms with Crippen molar-refractivity contribution in [3.05, 3.63) is 42.0 Å². The van der Waals surface area contributed by atoms with E-state index in [-0.39, 0.29) is 6.04 Å². The average Bonchev–Trinajstić information content (AvgIpc) is 2.83.